The molecule has 5 heteroatoms. The van der Waals surface area contributed by atoms with E-state index in [2.05, 4.69) is 15.0 Å². The van der Waals surface area contributed by atoms with Gasteiger partial charge in [0.15, 0.2) is 0 Å². The molecule has 0 aliphatic carbocycles. The minimum absolute atomic E-state index is 0.0785. The summed E-state index contributed by atoms with van der Waals surface area (Å²) in [6.07, 6.45) is 3.27. The smallest absolute Gasteiger partial charge is 0.316 e. The quantitative estimate of drug-likeness (QED) is 0.831. The highest BCUT2D eigenvalue weighted by atomic mass is 16.5. The van der Waals surface area contributed by atoms with Crippen molar-refractivity contribution < 1.29 is 9.84 Å². The highest BCUT2D eigenvalue weighted by molar-refractivity contribution is 5.56. The molecule has 0 atom stereocenters. The molecule has 2 rings (SSSR count). The lowest BCUT2D eigenvalue weighted by Gasteiger charge is -2.02. The third-order valence-corrected chi connectivity index (χ3v) is 2.08. The molecule has 0 fully saturated rings. The Hall–Kier alpha value is -2.01. The number of pyridine rings is 1. The Morgan fingerprint density at radius 2 is 2.00 bits per heavy atom. The lowest BCUT2D eigenvalue weighted by molar-refractivity contribution is 0.277. The lowest BCUT2D eigenvalue weighted by Crippen LogP contribution is -1.94. The topological polar surface area (TPSA) is 68.1 Å². The summed E-state index contributed by atoms with van der Waals surface area (Å²) in [7, 11) is 1.51. The maximum atomic E-state index is 8.98. The highest BCUT2D eigenvalue weighted by Crippen LogP contribution is 2.16. The van der Waals surface area contributed by atoms with Crippen LogP contribution in [0.3, 0.4) is 0 Å². The minimum Gasteiger partial charge on any atom is -0.467 e. The SMILES string of the molecule is COc1ncc(-c2cccc(CO)n2)cn1. The molecule has 0 bridgehead atoms. The molecule has 0 radical (unpaired) electrons. The van der Waals surface area contributed by atoms with Gasteiger partial charge in [0.25, 0.3) is 0 Å². The first-order valence-electron chi connectivity index (χ1n) is 4.76. The second kappa shape index (κ2) is 4.67. The van der Waals surface area contributed by atoms with Crippen LogP contribution in [0.25, 0.3) is 11.3 Å². The van der Waals surface area contributed by atoms with Crippen molar-refractivity contribution in [1.29, 1.82) is 0 Å². The molecular weight excluding hydrogens is 206 g/mol. The van der Waals surface area contributed by atoms with Crippen LogP contribution in [-0.4, -0.2) is 27.2 Å². The number of rotatable bonds is 3. The molecular formula is C11H11N3O2. The molecule has 0 aliphatic rings. The van der Waals surface area contributed by atoms with Gasteiger partial charge in [-0.05, 0) is 12.1 Å². The molecule has 0 saturated heterocycles. The van der Waals surface area contributed by atoms with Crippen LogP contribution >= 0.6 is 0 Å². The van der Waals surface area contributed by atoms with Crippen molar-refractivity contribution in [3.63, 3.8) is 0 Å². The summed E-state index contributed by atoms with van der Waals surface area (Å²) in [4.78, 5) is 12.2. The summed E-state index contributed by atoms with van der Waals surface area (Å²) < 4.78 is 4.87. The first-order chi connectivity index (χ1) is 7.83. The van der Waals surface area contributed by atoms with Gasteiger partial charge in [0.1, 0.15) is 0 Å². The number of methoxy groups -OCH3 is 1. The zero-order valence-electron chi connectivity index (χ0n) is 8.79. The Morgan fingerprint density at radius 1 is 1.25 bits per heavy atom. The largest absolute Gasteiger partial charge is 0.467 e. The van der Waals surface area contributed by atoms with Crippen molar-refractivity contribution in [2.45, 2.75) is 6.61 Å². The van der Waals surface area contributed by atoms with E-state index in [-0.39, 0.29) is 6.61 Å². The van der Waals surface area contributed by atoms with Gasteiger partial charge < -0.3 is 9.84 Å². The van der Waals surface area contributed by atoms with Gasteiger partial charge in [0.2, 0.25) is 0 Å². The predicted octanol–water partition coefficient (Wildman–Crippen LogP) is 1.04. The number of aliphatic hydroxyl groups is 1. The molecule has 2 heterocycles. The van der Waals surface area contributed by atoms with Gasteiger partial charge in [0.05, 0.1) is 25.1 Å². The molecule has 0 saturated carbocycles. The second-order valence-corrected chi connectivity index (χ2v) is 3.13. The van der Waals surface area contributed by atoms with Crippen LogP contribution in [-0.2, 0) is 6.61 Å². The lowest BCUT2D eigenvalue weighted by atomic mass is 10.2. The van der Waals surface area contributed by atoms with Gasteiger partial charge in [0, 0.05) is 18.0 Å². The van der Waals surface area contributed by atoms with Crippen LogP contribution in [0.4, 0.5) is 0 Å². The van der Waals surface area contributed by atoms with E-state index in [1.54, 1.807) is 18.5 Å². The van der Waals surface area contributed by atoms with Gasteiger partial charge in [-0.15, -0.1) is 0 Å². The third-order valence-electron chi connectivity index (χ3n) is 2.08. The van der Waals surface area contributed by atoms with Gasteiger partial charge in [-0.3, -0.25) is 4.98 Å². The van der Waals surface area contributed by atoms with Crippen LogP contribution in [0, 0.1) is 0 Å². The summed E-state index contributed by atoms with van der Waals surface area (Å²) in [5.41, 5.74) is 2.14. The maximum absolute atomic E-state index is 8.98. The monoisotopic (exact) mass is 217 g/mol. The summed E-state index contributed by atoms with van der Waals surface area (Å²) in [6, 6.07) is 5.75. The van der Waals surface area contributed by atoms with E-state index in [4.69, 9.17) is 9.84 Å². The number of hydrogen-bond acceptors (Lipinski definition) is 5. The number of nitrogens with zero attached hydrogens (tertiary/aromatic N) is 3. The molecule has 0 unspecified atom stereocenters. The first-order valence-corrected chi connectivity index (χ1v) is 4.76. The summed E-state index contributed by atoms with van der Waals surface area (Å²) in [5.74, 6) is 0. The molecule has 2 aromatic heterocycles. The Morgan fingerprint density at radius 3 is 2.62 bits per heavy atom. The number of hydrogen-bond donors (Lipinski definition) is 1. The summed E-state index contributed by atoms with van der Waals surface area (Å²) in [6.45, 7) is -0.0785. The van der Waals surface area contributed by atoms with Crippen LogP contribution in [0.5, 0.6) is 6.01 Å². The summed E-state index contributed by atoms with van der Waals surface area (Å²) >= 11 is 0. The van der Waals surface area contributed by atoms with E-state index in [9.17, 15) is 0 Å². The molecule has 0 aromatic carbocycles. The fourth-order valence-corrected chi connectivity index (χ4v) is 1.28. The Bertz CT molecular complexity index is 471. The van der Waals surface area contributed by atoms with E-state index in [0.717, 1.165) is 11.3 Å². The van der Waals surface area contributed by atoms with Crippen molar-refractivity contribution in [3.8, 4) is 17.3 Å². The fraction of sp³-hybridized carbons (Fsp3) is 0.182. The molecule has 2 aromatic rings. The Balaban J connectivity index is 2.34. The Labute approximate surface area is 92.8 Å². The van der Waals surface area contributed by atoms with Crippen molar-refractivity contribution in [3.05, 3.63) is 36.3 Å². The zero-order chi connectivity index (χ0) is 11.4. The van der Waals surface area contributed by atoms with Crippen LogP contribution in [0.1, 0.15) is 5.69 Å². The fourth-order valence-electron chi connectivity index (χ4n) is 1.28. The third kappa shape index (κ3) is 2.14. The van der Waals surface area contributed by atoms with Crippen molar-refractivity contribution in [2.75, 3.05) is 7.11 Å². The predicted molar refractivity (Wildman–Crippen MR) is 57.7 cm³/mol. The number of aliphatic hydroxyl groups excluding tert-OH is 1. The van der Waals surface area contributed by atoms with Crippen molar-refractivity contribution in [1.82, 2.24) is 15.0 Å². The maximum Gasteiger partial charge on any atom is 0.316 e. The van der Waals surface area contributed by atoms with E-state index >= 15 is 0 Å². The molecule has 1 N–H and O–H groups in total. The average molecular weight is 217 g/mol. The van der Waals surface area contributed by atoms with E-state index in [1.807, 2.05) is 12.1 Å². The number of aromatic nitrogens is 3. The van der Waals surface area contributed by atoms with Gasteiger partial charge in [-0.2, -0.15) is 0 Å². The minimum atomic E-state index is -0.0785. The normalized spacial score (nSPS) is 10.1. The Kier molecular flexibility index (Phi) is 3.07. The van der Waals surface area contributed by atoms with Crippen LogP contribution in [0.2, 0.25) is 0 Å². The zero-order valence-corrected chi connectivity index (χ0v) is 8.79. The van der Waals surface area contributed by atoms with Crippen molar-refractivity contribution in [2.24, 2.45) is 0 Å². The van der Waals surface area contributed by atoms with Gasteiger partial charge in [-0.25, -0.2) is 9.97 Å². The van der Waals surface area contributed by atoms with E-state index < -0.39 is 0 Å². The molecule has 0 aliphatic heterocycles. The number of ether oxygens (including phenoxy) is 1. The van der Waals surface area contributed by atoms with E-state index in [1.165, 1.54) is 7.11 Å². The van der Waals surface area contributed by atoms with E-state index in [0.29, 0.717) is 11.7 Å². The first kappa shape index (κ1) is 10.5. The molecule has 5 nitrogen and oxygen atoms in total. The van der Waals surface area contributed by atoms with Gasteiger partial charge in [-0.1, -0.05) is 6.07 Å². The highest BCUT2D eigenvalue weighted by Gasteiger charge is 2.02. The van der Waals surface area contributed by atoms with Crippen LogP contribution in [0.15, 0.2) is 30.6 Å². The molecule has 0 amide bonds. The average Bonchev–Trinajstić information content (AvgIpc) is 2.39. The molecule has 82 valence electrons. The van der Waals surface area contributed by atoms with Crippen molar-refractivity contribution >= 4 is 0 Å². The molecule has 0 spiro atoms. The standard InChI is InChI=1S/C11H11N3O2/c1-16-11-12-5-8(6-13-11)10-4-2-3-9(7-15)14-10/h2-6,15H,7H2,1H3. The summed E-state index contributed by atoms with van der Waals surface area (Å²) in [5, 5.41) is 8.98. The van der Waals surface area contributed by atoms with Gasteiger partial charge >= 0.3 is 6.01 Å². The van der Waals surface area contributed by atoms with Crippen LogP contribution < -0.4 is 4.74 Å². The second-order valence-electron chi connectivity index (χ2n) is 3.13. The molecule has 16 heavy (non-hydrogen) atoms.